The zero-order valence-corrected chi connectivity index (χ0v) is 22.0. The van der Waals surface area contributed by atoms with E-state index in [1.54, 1.807) is 25.6 Å². The van der Waals surface area contributed by atoms with Crippen molar-refractivity contribution in [2.45, 2.75) is 18.9 Å². The first kappa shape index (κ1) is 25.3. The van der Waals surface area contributed by atoms with Gasteiger partial charge in [0, 0.05) is 66.2 Å². The summed E-state index contributed by atoms with van der Waals surface area (Å²) in [6.07, 6.45) is 6.48. The van der Waals surface area contributed by atoms with Crippen molar-refractivity contribution >= 4 is 26.4 Å². The van der Waals surface area contributed by atoms with Crippen molar-refractivity contribution < 1.29 is 13.2 Å². The number of ether oxygens (including phenoxy) is 1. The monoisotopic (exact) mass is 528 g/mol. The van der Waals surface area contributed by atoms with Crippen molar-refractivity contribution in [1.82, 2.24) is 14.5 Å². The standard InChI is InChI=1S/C29H28N4O4S/c1-33-17-25(23-12-14-31-28(23)29(33)34)24-15-20(19-38(2,35)36)10-11-26(24)32-16-21-7-3-4-9-27(21)37-18-22-8-5-6-13-30-22/h3-15,17,31-32H,16,18-19H2,1-2H3. The van der Waals surface area contributed by atoms with E-state index in [4.69, 9.17) is 4.74 Å². The van der Waals surface area contributed by atoms with Crippen molar-refractivity contribution in [3.05, 3.63) is 112 Å². The summed E-state index contributed by atoms with van der Waals surface area (Å²) in [6.45, 7) is 0.825. The summed E-state index contributed by atoms with van der Waals surface area (Å²) in [5, 5.41) is 4.28. The number of pyridine rings is 2. The highest BCUT2D eigenvalue weighted by Gasteiger charge is 2.16. The largest absolute Gasteiger partial charge is 0.487 e. The number of hydrogen-bond acceptors (Lipinski definition) is 6. The average Bonchev–Trinajstić information content (AvgIpc) is 3.39. The molecule has 5 aromatic rings. The third-order valence-electron chi connectivity index (χ3n) is 6.24. The minimum Gasteiger partial charge on any atom is -0.487 e. The fourth-order valence-corrected chi connectivity index (χ4v) is 5.25. The van der Waals surface area contributed by atoms with Gasteiger partial charge in [-0.15, -0.1) is 0 Å². The number of nitrogens with zero attached hydrogens (tertiary/aromatic N) is 2. The Balaban J connectivity index is 1.49. The van der Waals surface area contributed by atoms with E-state index in [2.05, 4.69) is 15.3 Å². The number of rotatable bonds is 9. The molecule has 0 saturated carbocycles. The summed E-state index contributed by atoms with van der Waals surface area (Å²) in [6, 6.07) is 20.9. The van der Waals surface area contributed by atoms with E-state index in [1.165, 1.54) is 10.8 Å². The summed E-state index contributed by atoms with van der Waals surface area (Å²) in [4.78, 5) is 20.0. The van der Waals surface area contributed by atoms with Gasteiger partial charge in [0.1, 0.15) is 17.9 Å². The van der Waals surface area contributed by atoms with Crippen molar-refractivity contribution in [3.63, 3.8) is 0 Å². The number of fused-ring (bicyclic) bond motifs is 1. The number of para-hydroxylation sites is 1. The Morgan fingerprint density at radius 2 is 1.84 bits per heavy atom. The summed E-state index contributed by atoms with van der Waals surface area (Å²) in [5.41, 5.74) is 5.27. The van der Waals surface area contributed by atoms with Gasteiger partial charge in [-0.25, -0.2) is 8.42 Å². The van der Waals surface area contributed by atoms with Gasteiger partial charge in [0.05, 0.1) is 11.4 Å². The second kappa shape index (κ2) is 10.5. The molecule has 0 aliphatic rings. The van der Waals surface area contributed by atoms with Gasteiger partial charge >= 0.3 is 0 Å². The molecule has 0 radical (unpaired) electrons. The van der Waals surface area contributed by atoms with Crippen LogP contribution in [0.4, 0.5) is 5.69 Å². The first-order valence-electron chi connectivity index (χ1n) is 12.1. The first-order valence-corrected chi connectivity index (χ1v) is 14.2. The average molecular weight is 529 g/mol. The van der Waals surface area contributed by atoms with Crippen LogP contribution in [0.3, 0.4) is 0 Å². The van der Waals surface area contributed by atoms with Gasteiger partial charge in [-0.3, -0.25) is 9.78 Å². The molecule has 0 fully saturated rings. The number of aromatic nitrogens is 3. The van der Waals surface area contributed by atoms with Gasteiger partial charge in [0.15, 0.2) is 9.84 Å². The second-order valence-corrected chi connectivity index (χ2v) is 11.4. The van der Waals surface area contributed by atoms with Crippen LogP contribution in [0.5, 0.6) is 5.75 Å². The summed E-state index contributed by atoms with van der Waals surface area (Å²) in [5.74, 6) is 0.669. The normalized spacial score (nSPS) is 11.5. The van der Waals surface area contributed by atoms with Crippen molar-refractivity contribution in [2.75, 3.05) is 11.6 Å². The van der Waals surface area contributed by atoms with E-state index in [0.29, 0.717) is 24.2 Å². The van der Waals surface area contributed by atoms with Crippen molar-refractivity contribution in [1.29, 1.82) is 0 Å². The number of aromatic amines is 1. The second-order valence-electron chi connectivity index (χ2n) is 9.25. The lowest BCUT2D eigenvalue weighted by molar-refractivity contribution is 0.298. The van der Waals surface area contributed by atoms with E-state index < -0.39 is 9.84 Å². The molecule has 0 unspecified atom stereocenters. The van der Waals surface area contributed by atoms with Gasteiger partial charge in [-0.1, -0.05) is 30.3 Å². The number of anilines is 1. The Morgan fingerprint density at radius 1 is 1.03 bits per heavy atom. The molecule has 0 saturated heterocycles. The Kier molecular flexibility index (Phi) is 7.02. The zero-order valence-electron chi connectivity index (χ0n) is 21.1. The molecule has 0 spiro atoms. The van der Waals surface area contributed by atoms with Crippen LogP contribution in [-0.4, -0.2) is 29.2 Å². The fourth-order valence-electron chi connectivity index (χ4n) is 4.46. The van der Waals surface area contributed by atoms with E-state index >= 15 is 0 Å². The molecule has 0 bridgehead atoms. The van der Waals surface area contributed by atoms with Crippen LogP contribution in [0.15, 0.2) is 90.1 Å². The van der Waals surface area contributed by atoms with Crippen LogP contribution in [-0.2, 0) is 35.8 Å². The van der Waals surface area contributed by atoms with Crippen LogP contribution >= 0.6 is 0 Å². The number of sulfone groups is 1. The lowest BCUT2D eigenvalue weighted by Gasteiger charge is -2.17. The van der Waals surface area contributed by atoms with Crippen LogP contribution in [0.1, 0.15) is 16.8 Å². The van der Waals surface area contributed by atoms with Crippen LogP contribution in [0.25, 0.3) is 22.0 Å². The summed E-state index contributed by atoms with van der Waals surface area (Å²) < 4.78 is 31.7. The minimum atomic E-state index is -3.23. The summed E-state index contributed by atoms with van der Waals surface area (Å²) >= 11 is 0. The number of nitrogens with one attached hydrogen (secondary N) is 2. The molecule has 0 atom stereocenters. The van der Waals surface area contributed by atoms with Gasteiger partial charge in [-0.2, -0.15) is 0 Å². The number of H-pyrrole nitrogens is 1. The Hall–Kier alpha value is -4.37. The highest BCUT2D eigenvalue weighted by molar-refractivity contribution is 7.89. The number of hydrogen-bond donors (Lipinski definition) is 2. The van der Waals surface area contributed by atoms with Crippen LogP contribution in [0.2, 0.25) is 0 Å². The minimum absolute atomic E-state index is 0.0769. The van der Waals surface area contributed by atoms with E-state index in [0.717, 1.165) is 39.2 Å². The molecule has 9 heteroatoms. The number of aryl methyl sites for hydroxylation is 1. The van der Waals surface area contributed by atoms with E-state index in [-0.39, 0.29) is 11.3 Å². The number of benzene rings is 2. The predicted molar refractivity (Wildman–Crippen MR) is 150 cm³/mol. The van der Waals surface area contributed by atoms with Gasteiger partial charge in [0.2, 0.25) is 0 Å². The highest BCUT2D eigenvalue weighted by Crippen LogP contribution is 2.34. The Morgan fingerprint density at radius 3 is 2.63 bits per heavy atom. The van der Waals surface area contributed by atoms with Gasteiger partial charge in [0.25, 0.3) is 5.56 Å². The quantitative estimate of drug-likeness (QED) is 0.288. The molecule has 38 heavy (non-hydrogen) atoms. The van der Waals surface area contributed by atoms with E-state index in [1.807, 2.05) is 66.7 Å². The molecule has 0 aliphatic heterocycles. The maximum Gasteiger partial charge on any atom is 0.274 e. The molecule has 2 aromatic carbocycles. The lowest BCUT2D eigenvalue weighted by Crippen LogP contribution is -2.16. The maximum atomic E-state index is 12.6. The molecule has 0 amide bonds. The van der Waals surface area contributed by atoms with Crippen LogP contribution in [0, 0.1) is 0 Å². The lowest BCUT2D eigenvalue weighted by atomic mass is 9.99. The highest BCUT2D eigenvalue weighted by atomic mass is 32.2. The van der Waals surface area contributed by atoms with Crippen molar-refractivity contribution in [2.24, 2.45) is 7.05 Å². The molecule has 5 rings (SSSR count). The predicted octanol–water partition coefficient (Wildman–Crippen LogP) is 4.66. The Labute approximate surface area is 220 Å². The summed E-state index contributed by atoms with van der Waals surface area (Å²) in [7, 11) is -1.53. The third-order valence-corrected chi connectivity index (χ3v) is 7.10. The first-order chi connectivity index (χ1) is 18.3. The van der Waals surface area contributed by atoms with Gasteiger partial charge < -0.3 is 19.6 Å². The SMILES string of the molecule is Cn1cc(-c2cc(CS(C)(=O)=O)ccc2NCc2ccccc2OCc2ccccn2)c2cc[nH]c2c1=O. The van der Waals surface area contributed by atoms with E-state index in [9.17, 15) is 13.2 Å². The molecular weight excluding hydrogens is 500 g/mol. The zero-order chi connectivity index (χ0) is 26.7. The third kappa shape index (κ3) is 5.63. The molecular formula is C29H28N4O4S. The molecule has 3 aromatic heterocycles. The molecule has 0 aliphatic carbocycles. The maximum absolute atomic E-state index is 12.6. The van der Waals surface area contributed by atoms with Crippen LogP contribution < -0.4 is 15.6 Å². The topological polar surface area (TPSA) is 106 Å². The molecule has 2 N–H and O–H groups in total. The molecule has 8 nitrogen and oxygen atoms in total. The molecule has 3 heterocycles. The van der Waals surface area contributed by atoms with Gasteiger partial charge in [-0.05, 0) is 42.0 Å². The fraction of sp³-hybridized carbons (Fsp3) is 0.172. The molecule has 194 valence electrons. The Bertz CT molecular complexity index is 1760. The smallest absolute Gasteiger partial charge is 0.274 e. The van der Waals surface area contributed by atoms with Crippen molar-refractivity contribution in [3.8, 4) is 16.9 Å².